The van der Waals surface area contributed by atoms with Crippen molar-refractivity contribution in [2.24, 2.45) is 11.7 Å². The third kappa shape index (κ3) is 4.49. The molecular weight excluding hydrogens is 212 g/mol. The maximum Gasteiger partial charge on any atom is 0.215 e. The van der Waals surface area contributed by atoms with E-state index in [1.54, 1.807) is 0 Å². The number of nitrogens with one attached hydrogen (secondary N) is 1. The zero-order chi connectivity index (χ0) is 12.1. The van der Waals surface area contributed by atoms with Crippen LogP contribution in [0.3, 0.4) is 0 Å². The van der Waals surface area contributed by atoms with Crippen LogP contribution in [-0.4, -0.2) is 26.3 Å². The fourth-order valence-corrected chi connectivity index (χ4v) is 3.26. The molecule has 0 saturated heterocycles. The molecule has 0 radical (unpaired) electrons. The van der Waals surface area contributed by atoms with Gasteiger partial charge in [0.2, 0.25) is 10.0 Å². The number of hydrogen-bond acceptors (Lipinski definition) is 3. The van der Waals surface area contributed by atoms with Gasteiger partial charge in [-0.25, -0.2) is 13.1 Å². The Kier molecular flexibility index (Phi) is 6.40. The summed E-state index contributed by atoms with van der Waals surface area (Å²) in [5.41, 5.74) is 5.44. The van der Waals surface area contributed by atoms with Crippen molar-refractivity contribution in [1.29, 1.82) is 0 Å². The molecule has 0 aliphatic rings. The van der Waals surface area contributed by atoms with Gasteiger partial charge >= 0.3 is 0 Å². The molecule has 0 amide bonds. The predicted molar refractivity (Wildman–Crippen MR) is 64.1 cm³/mol. The van der Waals surface area contributed by atoms with Crippen LogP contribution in [0.2, 0.25) is 0 Å². The molecule has 2 unspecified atom stereocenters. The van der Waals surface area contributed by atoms with E-state index in [9.17, 15) is 8.42 Å². The summed E-state index contributed by atoms with van der Waals surface area (Å²) in [6.07, 6.45) is 1.36. The second-order valence-electron chi connectivity index (χ2n) is 4.19. The normalized spacial score (nSPS) is 16.7. The van der Waals surface area contributed by atoms with E-state index in [0.717, 1.165) is 6.42 Å². The molecule has 3 N–H and O–H groups in total. The van der Waals surface area contributed by atoms with E-state index in [1.807, 2.05) is 27.7 Å². The van der Waals surface area contributed by atoms with Crippen LogP contribution in [0, 0.1) is 5.92 Å². The molecule has 2 atom stereocenters. The van der Waals surface area contributed by atoms with Crippen LogP contribution >= 0.6 is 0 Å². The minimum atomic E-state index is -3.25. The van der Waals surface area contributed by atoms with E-state index in [-0.39, 0.29) is 12.6 Å². The van der Waals surface area contributed by atoms with Crippen LogP contribution in [-0.2, 0) is 10.0 Å². The molecular formula is C10H24N2O2S. The molecule has 0 saturated carbocycles. The Labute approximate surface area is 93.7 Å². The predicted octanol–water partition coefficient (Wildman–Crippen LogP) is 1.08. The molecule has 92 valence electrons. The second-order valence-corrected chi connectivity index (χ2v) is 6.18. The highest BCUT2D eigenvalue weighted by Crippen LogP contribution is 2.10. The first-order chi connectivity index (χ1) is 6.88. The lowest BCUT2D eigenvalue weighted by Gasteiger charge is -2.23. The Hall–Kier alpha value is -0.130. The first kappa shape index (κ1) is 14.9. The minimum absolute atomic E-state index is 0.00981. The molecule has 0 rings (SSSR count). The maximum atomic E-state index is 11.9. The van der Waals surface area contributed by atoms with Gasteiger partial charge in [0.1, 0.15) is 0 Å². The fraction of sp³-hybridized carbons (Fsp3) is 1.00. The van der Waals surface area contributed by atoms with Gasteiger partial charge in [0, 0.05) is 12.6 Å². The van der Waals surface area contributed by atoms with Crippen LogP contribution < -0.4 is 10.5 Å². The second kappa shape index (κ2) is 6.45. The molecule has 0 aromatic carbocycles. The van der Waals surface area contributed by atoms with Crippen LogP contribution in [0.25, 0.3) is 0 Å². The monoisotopic (exact) mass is 236 g/mol. The van der Waals surface area contributed by atoms with Gasteiger partial charge < -0.3 is 5.73 Å². The van der Waals surface area contributed by atoms with E-state index in [4.69, 9.17) is 5.73 Å². The van der Waals surface area contributed by atoms with Gasteiger partial charge in [0.05, 0.1) is 5.25 Å². The Balaban J connectivity index is 4.61. The molecule has 4 nitrogen and oxygen atoms in total. The quantitative estimate of drug-likeness (QED) is 0.694. The Morgan fingerprint density at radius 3 is 2.00 bits per heavy atom. The zero-order valence-corrected chi connectivity index (χ0v) is 11.0. The lowest BCUT2D eigenvalue weighted by molar-refractivity contribution is 0.433. The largest absolute Gasteiger partial charge is 0.329 e. The summed E-state index contributed by atoms with van der Waals surface area (Å²) in [6, 6.07) is 0.00981. The molecule has 0 heterocycles. The molecule has 0 aromatic rings. The Morgan fingerprint density at radius 2 is 1.73 bits per heavy atom. The van der Waals surface area contributed by atoms with Crippen molar-refractivity contribution in [2.75, 3.05) is 6.54 Å². The number of nitrogens with two attached hydrogens (primary N) is 1. The number of hydrogen-bond donors (Lipinski definition) is 2. The van der Waals surface area contributed by atoms with E-state index in [0.29, 0.717) is 12.3 Å². The molecule has 0 aromatic heterocycles. The zero-order valence-electron chi connectivity index (χ0n) is 10.2. The van der Waals surface area contributed by atoms with Crippen molar-refractivity contribution in [3.05, 3.63) is 0 Å². The van der Waals surface area contributed by atoms with Gasteiger partial charge in [-0.05, 0) is 18.8 Å². The van der Waals surface area contributed by atoms with E-state index in [2.05, 4.69) is 4.72 Å². The van der Waals surface area contributed by atoms with Crippen molar-refractivity contribution >= 4 is 10.0 Å². The van der Waals surface area contributed by atoms with Crippen LogP contribution in [0.5, 0.6) is 0 Å². The smallest absolute Gasteiger partial charge is 0.215 e. The van der Waals surface area contributed by atoms with Gasteiger partial charge in [-0.15, -0.1) is 0 Å². The third-order valence-electron chi connectivity index (χ3n) is 2.72. The first-order valence-corrected chi connectivity index (χ1v) is 7.14. The highest BCUT2D eigenvalue weighted by Gasteiger charge is 2.26. The average Bonchev–Trinajstić information content (AvgIpc) is 2.15. The van der Waals surface area contributed by atoms with E-state index in [1.165, 1.54) is 0 Å². The van der Waals surface area contributed by atoms with Crippen LogP contribution in [0.4, 0.5) is 0 Å². The molecule has 0 aliphatic heterocycles. The van der Waals surface area contributed by atoms with Crippen LogP contribution in [0.15, 0.2) is 0 Å². The van der Waals surface area contributed by atoms with Gasteiger partial charge in [0.15, 0.2) is 0 Å². The topological polar surface area (TPSA) is 72.2 Å². The fourth-order valence-electron chi connectivity index (χ4n) is 1.51. The molecule has 0 aliphatic carbocycles. The van der Waals surface area contributed by atoms with Crippen molar-refractivity contribution in [3.8, 4) is 0 Å². The standard InChI is InChI=1S/C10H24N2O2S/c1-5-9(7-11)15(13,14)12-10(6-2)8(3)4/h8-10,12H,5-7,11H2,1-4H3. The molecule has 15 heavy (non-hydrogen) atoms. The summed E-state index contributed by atoms with van der Waals surface area (Å²) in [5.74, 6) is 0.306. The molecule has 0 bridgehead atoms. The van der Waals surface area contributed by atoms with Gasteiger partial charge in [-0.3, -0.25) is 0 Å². The first-order valence-electron chi connectivity index (χ1n) is 5.60. The molecule has 0 fully saturated rings. The van der Waals surface area contributed by atoms with Crippen molar-refractivity contribution in [3.63, 3.8) is 0 Å². The van der Waals surface area contributed by atoms with Gasteiger partial charge in [0.25, 0.3) is 0 Å². The highest BCUT2D eigenvalue weighted by molar-refractivity contribution is 7.90. The lowest BCUT2D eigenvalue weighted by Crippen LogP contribution is -2.45. The summed E-state index contributed by atoms with van der Waals surface area (Å²) in [5, 5.41) is -0.467. The average molecular weight is 236 g/mol. The highest BCUT2D eigenvalue weighted by atomic mass is 32.2. The summed E-state index contributed by atoms with van der Waals surface area (Å²) < 4.78 is 26.5. The Bertz CT molecular complexity index is 259. The summed E-state index contributed by atoms with van der Waals surface area (Å²) in [7, 11) is -3.25. The SMILES string of the molecule is CCC(NS(=O)(=O)C(CC)CN)C(C)C. The van der Waals surface area contributed by atoms with Crippen molar-refractivity contribution in [1.82, 2.24) is 4.72 Å². The van der Waals surface area contributed by atoms with Crippen molar-refractivity contribution < 1.29 is 8.42 Å². The summed E-state index contributed by atoms with van der Waals surface area (Å²) in [4.78, 5) is 0. The van der Waals surface area contributed by atoms with Crippen LogP contribution in [0.1, 0.15) is 40.5 Å². The Morgan fingerprint density at radius 1 is 1.20 bits per heavy atom. The van der Waals surface area contributed by atoms with E-state index < -0.39 is 15.3 Å². The minimum Gasteiger partial charge on any atom is -0.329 e. The third-order valence-corrected chi connectivity index (χ3v) is 4.75. The summed E-state index contributed by atoms with van der Waals surface area (Å²) >= 11 is 0. The van der Waals surface area contributed by atoms with E-state index >= 15 is 0 Å². The van der Waals surface area contributed by atoms with Crippen molar-refractivity contribution in [2.45, 2.75) is 51.8 Å². The molecule has 0 spiro atoms. The van der Waals surface area contributed by atoms with Gasteiger partial charge in [-0.1, -0.05) is 27.7 Å². The number of sulfonamides is 1. The molecule has 5 heteroatoms. The van der Waals surface area contributed by atoms with Gasteiger partial charge in [-0.2, -0.15) is 0 Å². The number of rotatable bonds is 7. The summed E-state index contributed by atoms with van der Waals surface area (Å²) in [6.45, 7) is 8.03. The maximum absolute atomic E-state index is 11.9. The lowest BCUT2D eigenvalue weighted by atomic mass is 10.0.